The molecule has 2 aromatic carbocycles. The van der Waals surface area contributed by atoms with Crippen LogP contribution in [0.5, 0.6) is 0 Å². The van der Waals surface area contributed by atoms with Crippen molar-refractivity contribution in [3.8, 4) is 11.3 Å². The number of fused-ring (bicyclic) bond motifs is 5. The van der Waals surface area contributed by atoms with Crippen molar-refractivity contribution in [1.29, 1.82) is 0 Å². The van der Waals surface area contributed by atoms with Crippen LogP contribution in [0.3, 0.4) is 0 Å². The molecular formula is C20H13NOS. The molecule has 0 fully saturated rings. The minimum absolute atomic E-state index is 0.954. The Balaban J connectivity index is 1.95. The average Bonchev–Trinajstić information content (AvgIpc) is 3.11. The molecule has 0 bridgehead atoms. The molecule has 0 aliphatic carbocycles. The highest BCUT2D eigenvalue weighted by Crippen LogP contribution is 2.44. The minimum atomic E-state index is 0.954. The van der Waals surface area contributed by atoms with Crippen LogP contribution in [0.2, 0.25) is 0 Å². The molecule has 3 heteroatoms. The maximum Gasteiger partial charge on any atom is 0.154 e. The van der Waals surface area contributed by atoms with Gasteiger partial charge in [-0.3, -0.25) is 4.98 Å². The second kappa shape index (κ2) is 4.67. The number of pyridine rings is 1. The summed E-state index contributed by atoms with van der Waals surface area (Å²) in [5.41, 5.74) is 5.41. The summed E-state index contributed by atoms with van der Waals surface area (Å²) in [7, 11) is 0. The van der Waals surface area contributed by atoms with E-state index in [2.05, 4.69) is 42.2 Å². The van der Waals surface area contributed by atoms with Crippen molar-refractivity contribution in [3.05, 3.63) is 66.4 Å². The van der Waals surface area contributed by atoms with Crippen LogP contribution >= 0.6 is 11.3 Å². The van der Waals surface area contributed by atoms with Gasteiger partial charge in [0.25, 0.3) is 0 Å². The van der Waals surface area contributed by atoms with Gasteiger partial charge < -0.3 is 4.42 Å². The maximum absolute atomic E-state index is 6.13. The lowest BCUT2D eigenvalue weighted by Gasteiger charge is -2.06. The molecule has 0 saturated carbocycles. The van der Waals surface area contributed by atoms with Gasteiger partial charge in [-0.05, 0) is 42.8 Å². The molecule has 0 N–H and O–H groups in total. The fourth-order valence-electron chi connectivity index (χ4n) is 3.20. The molecule has 0 spiro atoms. The summed E-state index contributed by atoms with van der Waals surface area (Å²) in [6.45, 7) is 2.14. The van der Waals surface area contributed by atoms with Crippen molar-refractivity contribution in [3.63, 3.8) is 0 Å². The van der Waals surface area contributed by atoms with E-state index in [-0.39, 0.29) is 0 Å². The van der Waals surface area contributed by atoms with E-state index in [0.717, 1.165) is 16.9 Å². The highest BCUT2D eigenvalue weighted by atomic mass is 32.1. The number of para-hydroxylation sites is 1. The van der Waals surface area contributed by atoms with Crippen LogP contribution in [-0.2, 0) is 0 Å². The van der Waals surface area contributed by atoms with Crippen molar-refractivity contribution in [2.75, 3.05) is 0 Å². The third-order valence-corrected chi connectivity index (χ3v) is 5.52. The molecule has 2 nitrogen and oxygen atoms in total. The monoisotopic (exact) mass is 315 g/mol. The zero-order valence-corrected chi connectivity index (χ0v) is 13.4. The fourth-order valence-corrected chi connectivity index (χ4v) is 4.56. The van der Waals surface area contributed by atoms with E-state index in [4.69, 9.17) is 4.42 Å². The van der Waals surface area contributed by atoms with Crippen LogP contribution in [0.1, 0.15) is 5.56 Å². The molecule has 3 heterocycles. The number of hydrogen-bond donors (Lipinski definition) is 0. The van der Waals surface area contributed by atoms with Gasteiger partial charge in [-0.25, -0.2) is 0 Å². The largest absolute Gasteiger partial charge is 0.454 e. The normalized spacial score (nSPS) is 11.7. The third-order valence-electron chi connectivity index (χ3n) is 4.29. The van der Waals surface area contributed by atoms with Crippen molar-refractivity contribution in [2.24, 2.45) is 0 Å². The standard InChI is InChI=1S/C20H13NOS/c1-12-9-10-14-18-20(13-6-2-3-8-16(13)22-18)23-19(14)17(12)15-7-4-5-11-21-15/h2-11H,1H3. The third kappa shape index (κ3) is 1.77. The van der Waals surface area contributed by atoms with Gasteiger partial charge in [0.2, 0.25) is 0 Å². The van der Waals surface area contributed by atoms with Crippen LogP contribution in [0.25, 0.3) is 42.6 Å². The average molecular weight is 315 g/mol. The Hall–Kier alpha value is -2.65. The van der Waals surface area contributed by atoms with E-state index in [9.17, 15) is 0 Å². The highest BCUT2D eigenvalue weighted by Gasteiger charge is 2.17. The number of aryl methyl sites for hydroxylation is 1. The van der Waals surface area contributed by atoms with Crippen molar-refractivity contribution < 1.29 is 4.42 Å². The Bertz CT molecular complexity index is 1170. The highest BCUT2D eigenvalue weighted by molar-refractivity contribution is 7.27. The van der Waals surface area contributed by atoms with Crippen LogP contribution < -0.4 is 0 Å². The zero-order valence-electron chi connectivity index (χ0n) is 12.5. The van der Waals surface area contributed by atoms with E-state index in [1.54, 1.807) is 11.3 Å². The predicted molar refractivity (Wildman–Crippen MR) is 97.1 cm³/mol. The van der Waals surface area contributed by atoms with Crippen molar-refractivity contribution >= 4 is 42.7 Å². The summed E-state index contributed by atoms with van der Waals surface area (Å²) in [5, 5.41) is 2.36. The summed E-state index contributed by atoms with van der Waals surface area (Å²) in [5.74, 6) is 0. The SMILES string of the molecule is Cc1ccc2c(sc3c4ccccc4oc23)c1-c1ccccn1. The maximum atomic E-state index is 6.13. The van der Waals surface area contributed by atoms with Gasteiger partial charge in [0.1, 0.15) is 5.58 Å². The second-order valence-electron chi connectivity index (χ2n) is 5.71. The minimum Gasteiger partial charge on any atom is -0.454 e. The summed E-state index contributed by atoms with van der Waals surface area (Å²) < 4.78 is 8.60. The molecule has 3 aromatic heterocycles. The molecule has 0 atom stereocenters. The van der Waals surface area contributed by atoms with Gasteiger partial charge >= 0.3 is 0 Å². The molecule has 5 aromatic rings. The first-order valence-corrected chi connectivity index (χ1v) is 8.39. The van der Waals surface area contributed by atoms with E-state index in [1.165, 1.54) is 31.3 Å². The number of thiophene rings is 1. The van der Waals surface area contributed by atoms with Gasteiger partial charge in [-0.1, -0.05) is 24.3 Å². The number of furan rings is 1. The van der Waals surface area contributed by atoms with Gasteiger partial charge in [-0.15, -0.1) is 11.3 Å². The lowest BCUT2D eigenvalue weighted by Crippen LogP contribution is -1.86. The molecule has 110 valence electrons. The first-order chi connectivity index (χ1) is 11.3. The Kier molecular flexibility index (Phi) is 2.61. The van der Waals surface area contributed by atoms with Crippen molar-refractivity contribution in [2.45, 2.75) is 6.92 Å². The van der Waals surface area contributed by atoms with E-state index in [0.29, 0.717) is 0 Å². The van der Waals surface area contributed by atoms with Gasteiger partial charge in [0.05, 0.1) is 10.4 Å². The Morgan fingerprint density at radius 1 is 0.870 bits per heavy atom. The summed E-state index contributed by atoms with van der Waals surface area (Å²) in [6.07, 6.45) is 1.85. The van der Waals surface area contributed by atoms with Gasteiger partial charge in [0, 0.05) is 27.2 Å². The summed E-state index contributed by atoms with van der Waals surface area (Å²) >= 11 is 1.80. The molecule has 0 aliphatic heterocycles. The Morgan fingerprint density at radius 3 is 2.61 bits per heavy atom. The van der Waals surface area contributed by atoms with Crippen LogP contribution in [0.4, 0.5) is 0 Å². The first-order valence-electron chi connectivity index (χ1n) is 7.58. The lowest BCUT2D eigenvalue weighted by molar-refractivity contribution is 0.673. The zero-order chi connectivity index (χ0) is 15.4. The number of benzene rings is 2. The number of rotatable bonds is 1. The Labute approximate surface area is 137 Å². The fraction of sp³-hybridized carbons (Fsp3) is 0.0500. The van der Waals surface area contributed by atoms with Crippen LogP contribution in [0, 0.1) is 6.92 Å². The smallest absolute Gasteiger partial charge is 0.154 e. The molecule has 0 amide bonds. The molecule has 0 saturated heterocycles. The number of hydrogen-bond acceptors (Lipinski definition) is 3. The van der Waals surface area contributed by atoms with Gasteiger partial charge in [-0.2, -0.15) is 0 Å². The molecule has 0 unspecified atom stereocenters. The van der Waals surface area contributed by atoms with E-state index >= 15 is 0 Å². The van der Waals surface area contributed by atoms with E-state index in [1.807, 2.05) is 30.5 Å². The molecule has 23 heavy (non-hydrogen) atoms. The van der Waals surface area contributed by atoms with Gasteiger partial charge in [0.15, 0.2) is 5.58 Å². The lowest BCUT2D eigenvalue weighted by atomic mass is 10.0. The molecule has 0 aliphatic rings. The Morgan fingerprint density at radius 2 is 1.74 bits per heavy atom. The topological polar surface area (TPSA) is 26.0 Å². The molecular weight excluding hydrogens is 302 g/mol. The quantitative estimate of drug-likeness (QED) is 0.369. The van der Waals surface area contributed by atoms with E-state index < -0.39 is 0 Å². The second-order valence-corrected chi connectivity index (χ2v) is 6.73. The molecule has 0 radical (unpaired) electrons. The van der Waals surface area contributed by atoms with Crippen LogP contribution in [-0.4, -0.2) is 4.98 Å². The summed E-state index contributed by atoms with van der Waals surface area (Å²) in [6, 6.07) is 18.6. The van der Waals surface area contributed by atoms with Crippen LogP contribution in [0.15, 0.2) is 65.2 Å². The molecule has 5 rings (SSSR count). The summed E-state index contributed by atoms with van der Waals surface area (Å²) in [4.78, 5) is 4.55. The first kappa shape index (κ1) is 12.9. The number of nitrogens with zero attached hydrogens (tertiary/aromatic N) is 1. The number of aromatic nitrogens is 1. The van der Waals surface area contributed by atoms with Crippen molar-refractivity contribution in [1.82, 2.24) is 4.98 Å². The predicted octanol–water partition coefficient (Wildman–Crippen LogP) is 6.17.